The molecule has 2 amide bonds. The van der Waals surface area contributed by atoms with E-state index in [1.807, 2.05) is 0 Å². The molecule has 0 bridgehead atoms. The number of rotatable bonds is 7. The highest BCUT2D eigenvalue weighted by molar-refractivity contribution is 7.99. The van der Waals surface area contributed by atoms with Crippen molar-refractivity contribution in [3.8, 4) is 11.6 Å². The number of carbonyl (C=O) groups excluding carboxylic acids is 2. The normalized spacial score (nSPS) is 10.8. The lowest BCUT2D eigenvalue weighted by Gasteiger charge is -2.08. The van der Waals surface area contributed by atoms with Crippen LogP contribution < -0.4 is 11.1 Å². The highest BCUT2D eigenvalue weighted by atomic mass is 32.2. The van der Waals surface area contributed by atoms with E-state index in [9.17, 15) is 22.8 Å². The lowest BCUT2D eigenvalue weighted by atomic mass is 10.3. The summed E-state index contributed by atoms with van der Waals surface area (Å²) in [6.07, 6.45) is 1.41. The Morgan fingerprint density at radius 3 is 2.64 bits per heavy atom. The fraction of sp³-hybridized carbons (Fsp3) is 0.125. The van der Waals surface area contributed by atoms with E-state index in [2.05, 4.69) is 15.5 Å². The third-order valence-electron chi connectivity index (χ3n) is 3.41. The van der Waals surface area contributed by atoms with Gasteiger partial charge in [-0.15, -0.1) is 10.2 Å². The van der Waals surface area contributed by atoms with Crippen LogP contribution in [-0.2, 0) is 16.1 Å². The van der Waals surface area contributed by atoms with Crippen molar-refractivity contribution in [3.05, 3.63) is 48.0 Å². The van der Waals surface area contributed by atoms with Gasteiger partial charge in [-0.05, 0) is 24.3 Å². The predicted octanol–water partition coefficient (Wildman–Crippen LogP) is 2.17. The fourth-order valence-corrected chi connectivity index (χ4v) is 2.96. The molecule has 146 valence electrons. The highest BCUT2D eigenvalue weighted by Crippen LogP contribution is 2.25. The van der Waals surface area contributed by atoms with Gasteiger partial charge < -0.3 is 15.5 Å². The second-order valence-corrected chi connectivity index (χ2v) is 6.34. The summed E-state index contributed by atoms with van der Waals surface area (Å²) in [6.45, 7) is -0.259. The molecule has 0 aliphatic heterocycles. The summed E-state index contributed by atoms with van der Waals surface area (Å²) >= 11 is 0.885. The molecule has 0 fully saturated rings. The molecule has 0 radical (unpaired) electrons. The Morgan fingerprint density at radius 1 is 1.18 bits per heavy atom. The molecular formula is C16H12F3N5O3S. The minimum Gasteiger partial charge on any atom is -0.461 e. The quantitative estimate of drug-likeness (QED) is 0.455. The van der Waals surface area contributed by atoms with E-state index in [1.165, 1.54) is 10.8 Å². The Morgan fingerprint density at radius 2 is 1.96 bits per heavy atom. The molecule has 0 atom stereocenters. The average Bonchev–Trinajstić information content (AvgIpc) is 3.30. The number of carbonyl (C=O) groups is 2. The van der Waals surface area contributed by atoms with Crippen molar-refractivity contribution >= 4 is 29.3 Å². The van der Waals surface area contributed by atoms with Crippen molar-refractivity contribution < 1.29 is 27.2 Å². The molecule has 0 saturated carbocycles. The number of aromatic nitrogens is 3. The summed E-state index contributed by atoms with van der Waals surface area (Å²) in [6, 6.07) is 4.82. The van der Waals surface area contributed by atoms with Gasteiger partial charge in [-0.2, -0.15) is 0 Å². The minimum absolute atomic E-state index is 0.186. The van der Waals surface area contributed by atoms with Crippen LogP contribution in [0.15, 0.2) is 40.1 Å². The standard InChI is InChI=1S/C16H12F3N5O3S/c17-8-3-4-9(14(19)13(8)18)21-12(26)7-28-16-23-22-15(10-2-1-5-27-10)24(16)6-11(20)25/h1-5H,6-7H2,(H2,20,25)(H,21,26). The van der Waals surface area contributed by atoms with Gasteiger partial charge in [0.2, 0.25) is 17.6 Å². The zero-order chi connectivity index (χ0) is 20.3. The molecule has 12 heteroatoms. The number of nitrogens with zero attached hydrogens (tertiary/aromatic N) is 3. The molecule has 2 aromatic heterocycles. The van der Waals surface area contributed by atoms with Crippen molar-refractivity contribution in [2.75, 3.05) is 11.1 Å². The molecule has 1 aromatic carbocycles. The number of hydrogen-bond donors (Lipinski definition) is 2. The first-order valence-electron chi connectivity index (χ1n) is 7.68. The lowest BCUT2D eigenvalue weighted by Crippen LogP contribution is -2.20. The highest BCUT2D eigenvalue weighted by Gasteiger charge is 2.20. The van der Waals surface area contributed by atoms with E-state index in [0.29, 0.717) is 11.8 Å². The summed E-state index contributed by atoms with van der Waals surface area (Å²) < 4.78 is 46.4. The molecule has 0 spiro atoms. The molecule has 0 aliphatic carbocycles. The summed E-state index contributed by atoms with van der Waals surface area (Å²) in [5.74, 6) is -5.62. The van der Waals surface area contributed by atoms with Crippen molar-refractivity contribution in [1.82, 2.24) is 14.8 Å². The fourth-order valence-electron chi connectivity index (χ4n) is 2.22. The average molecular weight is 411 g/mol. The Bertz CT molecular complexity index is 1020. The SMILES string of the molecule is NC(=O)Cn1c(SCC(=O)Nc2ccc(F)c(F)c2F)nnc1-c1ccco1. The second-order valence-electron chi connectivity index (χ2n) is 5.40. The van der Waals surface area contributed by atoms with Crippen LogP contribution >= 0.6 is 11.8 Å². The number of halogens is 3. The van der Waals surface area contributed by atoms with Crippen molar-refractivity contribution in [2.24, 2.45) is 5.73 Å². The third kappa shape index (κ3) is 4.17. The maximum atomic E-state index is 13.6. The van der Waals surface area contributed by atoms with E-state index < -0.39 is 35.0 Å². The number of nitrogens with one attached hydrogen (secondary N) is 1. The van der Waals surface area contributed by atoms with Crippen LogP contribution in [0.2, 0.25) is 0 Å². The van der Waals surface area contributed by atoms with Gasteiger partial charge in [-0.1, -0.05) is 11.8 Å². The number of furan rings is 1. The molecule has 8 nitrogen and oxygen atoms in total. The summed E-state index contributed by atoms with van der Waals surface area (Å²) in [5.41, 5.74) is 4.73. The van der Waals surface area contributed by atoms with Gasteiger partial charge in [-0.25, -0.2) is 13.2 Å². The summed E-state index contributed by atoms with van der Waals surface area (Å²) in [4.78, 5) is 23.4. The molecule has 28 heavy (non-hydrogen) atoms. The van der Waals surface area contributed by atoms with Crippen LogP contribution in [0, 0.1) is 17.5 Å². The van der Waals surface area contributed by atoms with Crippen LogP contribution in [0.4, 0.5) is 18.9 Å². The van der Waals surface area contributed by atoms with Crippen LogP contribution in [-0.4, -0.2) is 32.3 Å². The number of primary amides is 1. The van der Waals surface area contributed by atoms with Gasteiger partial charge in [0.1, 0.15) is 6.54 Å². The van der Waals surface area contributed by atoms with Crippen LogP contribution in [0.1, 0.15) is 0 Å². The van der Waals surface area contributed by atoms with E-state index in [-0.39, 0.29) is 23.3 Å². The number of hydrogen-bond acceptors (Lipinski definition) is 6. The van der Waals surface area contributed by atoms with Gasteiger partial charge in [-0.3, -0.25) is 14.2 Å². The molecule has 0 unspecified atom stereocenters. The zero-order valence-corrected chi connectivity index (χ0v) is 14.8. The monoisotopic (exact) mass is 411 g/mol. The van der Waals surface area contributed by atoms with E-state index in [4.69, 9.17) is 10.2 Å². The maximum absolute atomic E-state index is 13.6. The molecular weight excluding hydrogens is 399 g/mol. The first-order chi connectivity index (χ1) is 13.4. The minimum atomic E-state index is -1.69. The molecule has 3 N–H and O–H groups in total. The number of anilines is 1. The van der Waals surface area contributed by atoms with Crippen molar-refractivity contribution in [2.45, 2.75) is 11.7 Å². The Balaban J connectivity index is 1.73. The summed E-state index contributed by atoms with van der Waals surface area (Å²) in [5, 5.41) is 10.1. The topological polar surface area (TPSA) is 116 Å². The molecule has 3 rings (SSSR count). The second kappa shape index (κ2) is 8.17. The zero-order valence-electron chi connectivity index (χ0n) is 14.0. The first kappa shape index (κ1) is 19.5. The smallest absolute Gasteiger partial charge is 0.237 e. The third-order valence-corrected chi connectivity index (χ3v) is 4.38. The van der Waals surface area contributed by atoms with Gasteiger partial charge in [0, 0.05) is 0 Å². The molecule has 2 heterocycles. The number of thioether (sulfide) groups is 1. The largest absolute Gasteiger partial charge is 0.461 e. The van der Waals surface area contributed by atoms with E-state index in [1.54, 1.807) is 12.1 Å². The Kier molecular flexibility index (Phi) is 5.68. The predicted molar refractivity (Wildman–Crippen MR) is 92.6 cm³/mol. The van der Waals surface area contributed by atoms with Gasteiger partial charge in [0.25, 0.3) is 0 Å². The first-order valence-corrected chi connectivity index (χ1v) is 8.67. The molecule has 3 aromatic rings. The maximum Gasteiger partial charge on any atom is 0.237 e. The van der Waals surface area contributed by atoms with Crippen molar-refractivity contribution in [3.63, 3.8) is 0 Å². The van der Waals surface area contributed by atoms with Gasteiger partial charge in [0.15, 0.2) is 28.4 Å². The Hall–Kier alpha value is -3.28. The number of nitrogens with two attached hydrogens (primary N) is 1. The van der Waals surface area contributed by atoms with Crippen LogP contribution in [0.5, 0.6) is 0 Å². The van der Waals surface area contributed by atoms with Crippen LogP contribution in [0.25, 0.3) is 11.6 Å². The number of benzene rings is 1. The summed E-state index contributed by atoms with van der Waals surface area (Å²) in [7, 11) is 0. The lowest BCUT2D eigenvalue weighted by molar-refractivity contribution is -0.118. The van der Waals surface area contributed by atoms with Gasteiger partial charge >= 0.3 is 0 Å². The molecule has 0 aliphatic rings. The van der Waals surface area contributed by atoms with E-state index >= 15 is 0 Å². The molecule has 0 saturated heterocycles. The van der Waals surface area contributed by atoms with Crippen LogP contribution in [0.3, 0.4) is 0 Å². The van der Waals surface area contributed by atoms with E-state index in [0.717, 1.165) is 17.8 Å². The Labute approximate surface area is 159 Å². The number of amides is 2. The van der Waals surface area contributed by atoms with Crippen molar-refractivity contribution in [1.29, 1.82) is 0 Å². The van der Waals surface area contributed by atoms with Gasteiger partial charge in [0.05, 0.1) is 17.7 Å².